The van der Waals surface area contributed by atoms with Crippen molar-refractivity contribution >= 4 is 54.8 Å². The molecule has 0 aliphatic heterocycles. The van der Waals surface area contributed by atoms with Gasteiger partial charge in [-0.05, 0) is 24.6 Å². The van der Waals surface area contributed by atoms with E-state index in [4.69, 9.17) is 23.2 Å². The summed E-state index contributed by atoms with van der Waals surface area (Å²) in [6, 6.07) is 4.96. The van der Waals surface area contributed by atoms with E-state index in [9.17, 15) is 8.42 Å². The Labute approximate surface area is 113 Å². The molecule has 7 heteroatoms. The molecule has 1 aromatic carbocycles. The van der Waals surface area contributed by atoms with Crippen molar-refractivity contribution in [1.82, 2.24) is 0 Å². The first-order chi connectivity index (χ1) is 7.44. The summed E-state index contributed by atoms with van der Waals surface area (Å²) in [5.74, 6) is 0.298. The summed E-state index contributed by atoms with van der Waals surface area (Å²) < 4.78 is 26.3. The first-order valence-corrected chi connectivity index (χ1v) is 7.82. The van der Waals surface area contributed by atoms with Gasteiger partial charge >= 0.3 is 0 Å². The van der Waals surface area contributed by atoms with E-state index in [0.717, 1.165) is 4.47 Å². The van der Waals surface area contributed by atoms with Gasteiger partial charge in [-0.2, -0.15) is 0 Å². The summed E-state index contributed by atoms with van der Waals surface area (Å²) in [6.45, 7) is 0. The number of anilines is 1. The number of alkyl halides is 1. The normalized spacial score (nSPS) is 11.4. The molecule has 0 atom stereocenters. The molecule has 16 heavy (non-hydrogen) atoms. The standard InChI is InChI=1S/C9H10BrCl2NO2S/c10-7-2-3-8(12)9(6-7)13-16(14,15)5-1-4-11/h2-3,6,13H,1,4-5H2. The van der Waals surface area contributed by atoms with Crippen LogP contribution in [0.1, 0.15) is 6.42 Å². The zero-order valence-electron chi connectivity index (χ0n) is 8.21. The molecule has 1 rings (SSSR count). The molecule has 0 aliphatic carbocycles. The number of halogens is 3. The average molecular weight is 347 g/mol. The molecule has 0 bridgehead atoms. The highest BCUT2D eigenvalue weighted by atomic mass is 79.9. The molecule has 1 aromatic rings. The lowest BCUT2D eigenvalue weighted by Crippen LogP contribution is -2.17. The van der Waals surface area contributed by atoms with Gasteiger partial charge in [0.2, 0.25) is 10.0 Å². The van der Waals surface area contributed by atoms with Gasteiger partial charge in [0.15, 0.2) is 0 Å². The number of rotatable bonds is 5. The third kappa shape index (κ3) is 4.49. The van der Waals surface area contributed by atoms with Crippen LogP contribution in [-0.4, -0.2) is 20.1 Å². The van der Waals surface area contributed by atoms with Crippen molar-refractivity contribution in [2.24, 2.45) is 0 Å². The van der Waals surface area contributed by atoms with Crippen LogP contribution in [0.5, 0.6) is 0 Å². The molecule has 90 valence electrons. The zero-order chi connectivity index (χ0) is 12.2. The lowest BCUT2D eigenvalue weighted by Gasteiger charge is -2.09. The van der Waals surface area contributed by atoms with Gasteiger partial charge in [-0.25, -0.2) is 8.42 Å². The summed E-state index contributed by atoms with van der Waals surface area (Å²) in [6.07, 6.45) is 0.405. The molecule has 0 saturated heterocycles. The fourth-order valence-corrected chi connectivity index (χ4v) is 3.04. The van der Waals surface area contributed by atoms with E-state index in [-0.39, 0.29) is 5.75 Å². The van der Waals surface area contributed by atoms with Gasteiger partial charge in [-0.15, -0.1) is 11.6 Å². The van der Waals surface area contributed by atoms with Crippen LogP contribution in [0, 0.1) is 0 Å². The van der Waals surface area contributed by atoms with Crippen molar-refractivity contribution in [3.63, 3.8) is 0 Å². The predicted octanol–water partition coefficient (Wildman–Crippen LogP) is 3.47. The summed E-state index contributed by atoms with van der Waals surface area (Å²) in [4.78, 5) is 0. The number of hydrogen-bond donors (Lipinski definition) is 1. The predicted molar refractivity (Wildman–Crippen MR) is 71.9 cm³/mol. The van der Waals surface area contributed by atoms with Crippen molar-refractivity contribution in [3.05, 3.63) is 27.7 Å². The van der Waals surface area contributed by atoms with Crippen LogP contribution >= 0.6 is 39.1 Å². The maximum Gasteiger partial charge on any atom is 0.232 e. The minimum atomic E-state index is -3.38. The molecule has 0 unspecified atom stereocenters. The van der Waals surface area contributed by atoms with Gasteiger partial charge in [-0.1, -0.05) is 27.5 Å². The second kappa shape index (κ2) is 6.10. The van der Waals surface area contributed by atoms with Crippen LogP contribution in [0.25, 0.3) is 0 Å². The highest BCUT2D eigenvalue weighted by molar-refractivity contribution is 9.10. The topological polar surface area (TPSA) is 46.2 Å². The van der Waals surface area contributed by atoms with Gasteiger partial charge < -0.3 is 0 Å². The van der Waals surface area contributed by atoms with Crippen LogP contribution in [0.15, 0.2) is 22.7 Å². The van der Waals surface area contributed by atoms with E-state index >= 15 is 0 Å². The first-order valence-electron chi connectivity index (χ1n) is 4.46. The van der Waals surface area contributed by atoms with Crippen molar-refractivity contribution in [1.29, 1.82) is 0 Å². The third-order valence-corrected chi connectivity index (χ3v) is 4.19. The summed E-state index contributed by atoms with van der Waals surface area (Å²) in [5, 5.41) is 0.359. The summed E-state index contributed by atoms with van der Waals surface area (Å²) >= 11 is 14.5. The van der Waals surface area contributed by atoms with Crippen LogP contribution in [0.3, 0.4) is 0 Å². The Balaban J connectivity index is 2.83. The van der Waals surface area contributed by atoms with E-state index in [1.807, 2.05) is 0 Å². The molecule has 0 aliphatic rings. The molecule has 1 N–H and O–H groups in total. The lowest BCUT2D eigenvalue weighted by molar-refractivity contribution is 0.600. The Kier molecular flexibility index (Phi) is 5.37. The van der Waals surface area contributed by atoms with Gasteiger partial charge in [0, 0.05) is 10.4 Å². The van der Waals surface area contributed by atoms with Crippen molar-refractivity contribution in [2.75, 3.05) is 16.4 Å². The molecule has 3 nitrogen and oxygen atoms in total. The SMILES string of the molecule is O=S(=O)(CCCCl)Nc1cc(Br)ccc1Cl. The Morgan fingerprint density at radius 1 is 1.38 bits per heavy atom. The molecule has 0 fully saturated rings. The smallest absolute Gasteiger partial charge is 0.232 e. The van der Waals surface area contributed by atoms with E-state index in [2.05, 4.69) is 20.7 Å². The molecular formula is C9H10BrCl2NO2S. The molecule has 0 amide bonds. The van der Waals surface area contributed by atoms with E-state index < -0.39 is 10.0 Å². The summed E-state index contributed by atoms with van der Waals surface area (Å²) in [5.41, 5.74) is 0.366. The zero-order valence-corrected chi connectivity index (χ0v) is 12.1. The quantitative estimate of drug-likeness (QED) is 0.829. The second-order valence-electron chi connectivity index (χ2n) is 3.09. The van der Waals surface area contributed by atoms with E-state index in [0.29, 0.717) is 23.0 Å². The molecule has 0 spiro atoms. The van der Waals surface area contributed by atoms with E-state index in [1.165, 1.54) is 0 Å². The summed E-state index contributed by atoms with van der Waals surface area (Å²) in [7, 11) is -3.38. The molecule has 0 heterocycles. The third-order valence-electron chi connectivity index (χ3n) is 1.74. The van der Waals surface area contributed by atoms with Crippen LogP contribution in [0.2, 0.25) is 5.02 Å². The Bertz CT molecular complexity index is 465. The fraction of sp³-hybridized carbons (Fsp3) is 0.333. The Morgan fingerprint density at radius 2 is 2.06 bits per heavy atom. The highest BCUT2D eigenvalue weighted by Gasteiger charge is 2.12. The maximum absolute atomic E-state index is 11.6. The molecular weight excluding hydrogens is 337 g/mol. The Morgan fingerprint density at radius 3 is 2.69 bits per heavy atom. The van der Waals surface area contributed by atoms with Crippen LogP contribution in [-0.2, 0) is 10.0 Å². The van der Waals surface area contributed by atoms with Crippen molar-refractivity contribution < 1.29 is 8.42 Å². The van der Waals surface area contributed by atoms with Gasteiger partial charge in [0.25, 0.3) is 0 Å². The number of sulfonamides is 1. The van der Waals surface area contributed by atoms with Gasteiger partial charge in [0.05, 0.1) is 16.5 Å². The van der Waals surface area contributed by atoms with E-state index in [1.54, 1.807) is 18.2 Å². The fourth-order valence-electron chi connectivity index (χ4n) is 1.04. The number of nitrogens with one attached hydrogen (secondary N) is 1. The first kappa shape index (κ1) is 14.1. The minimum absolute atomic E-state index is 0.0145. The van der Waals surface area contributed by atoms with Crippen LogP contribution < -0.4 is 4.72 Å². The number of benzene rings is 1. The van der Waals surface area contributed by atoms with Gasteiger partial charge in [0.1, 0.15) is 0 Å². The molecule has 0 radical (unpaired) electrons. The lowest BCUT2D eigenvalue weighted by atomic mass is 10.3. The largest absolute Gasteiger partial charge is 0.282 e. The van der Waals surface area contributed by atoms with Crippen molar-refractivity contribution in [3.8, 4) is 0 Å². The maximum atomic E-state index is 11.6. The van der Waals surface area contributed by atoms with Crippen LogP contribution in [0.4, 0.5) is 5.69 Å². The highest BCUT2D eigenvalue weighted by Crippen LogP contribution is 2.26. The average Bonchev–Trinajstić information content (AvgIpc) is 2.20. The van der Waals surface area contributed by atoms with Crippen molar-refractivity contribution in [2.45, 2.75) is 6.42 Å². The number of hydrogen-bond acceptors (Lipinski definition) is 2. The Hall–Kier alpha value is 0.0300. The van der Waals surface area contributed by atoms with Gasteiger partial charge in [-0.3, -0.25) is 4.72 Å². The minimum Gasteiger partial charge on any atom is -0.282 e. The molecule has 0 saturated carbocycles. The monoisotopic (exact) mass is 345 g/mol. The molecule has 0 aromatic heterocycles. The second-order valence-corrected chi connectivity index (χ2v) is 6.63.